The number of nitrogens with zero attached hydrogens (tertiary/aromatic N) is 1. The van der Waals surface area contributed by atoms with Gasteiger partial charge >= 0.3 is 5.97 Å². The first-order valence-corrected chi connectivity index (χ1v) is 17.9. The number of hydrogen-bond donors (Lipinski definition) is 2. The van der Waals surface area contributed by atoms with Gasteiger partial charge in [0.15, 0.2) is 0 Å². The van der Waals surface area contributed by atoms with Gasteiger partial charge in [0.05, 0.1) is 0 Å². The van der Waals surface area contributed by atoms with E-state index in [0.29, 0.717) is 31.1 Å². The second-order valence-corrected chi connectivity index (χ2v) is 13.7. The Kier molecular flexibility index (Phi) is 10.8. The summed E-state index contributed by atoms with van der Waals surface area (Å²) in [5, 5.41) is 12.9. The Morgan fingerprint density at radius 1 is 0.875 bits per heavy atom. The number of rotatable bonds is 12. The van der Waals surface area contributed by atoms with Gasteiger partial charge in [-0.2, -0.15) is 0 Å². The number of carbonyl (C=O) groups is 3. The minimum absolute atomic E-state index is 0.0590. The van der Waals surface area contributed by atoms with Crippen molar-refractivity contribution in [3.63, 3.8) is 0 Å². The third-order valence-electron chi connectivity index (χ3n) is 9.55. The second-order valence-electron chi connectivity index (χ2n) is 12.8. The minimum Gasteiger partial charge on any atom is -0.489 e. The van der Waals surface area contributed by atoms with Gasteiger partial charge in [-0.1, -0.05) is 85.6 Å². The van der Waals surface area contributed by atoms with E-state index in [-0.39, 0.29) is 18.9 Å². The van der Waals surface area contributed by atoms with Gasteiger partial charge in [0, 0.05) is 30.7 Å². The Bertz CT molecular complexity index is 1720. The fourth-order valence-corrected chi connectivity index (χ4v) is 7.19. The van der Waals surface area contributed by atoms with Crippen LogP contribution < -0.4 is 10.1 Å². The first-order valence-electron chi connectivity index (χ1n) is 16.7. The maximum atomic E-state index is 13.9. The second kappa shape index (κ2) is 15.6. The molecule has 7 nitrogen and oxygen atoms in total. The molecule has 8 heteroatoms. The Balaban J connectivity index is 1.17. The Hall–Kier alpha value is -4.56. The van der Waals surface area contributed by atoms with Crippen LogP contribution in [0.25, 0.3) is 11.1 Å². The summed E-state index contributed by atoms with van der Waals surface area (Å²) in [4.78, 5) is 42.9. The molecule has 0 bridgehead atoms. The van der Waals surface area contributed by atoms with Gasteiger partial charge in [-0.3, -0.25) is 9.59 Å². The number of amides is 2. The highest BCUT2D eigenvalue weighted by Gasteiger charge is 2.37. The van der Waals surface area contributed by atoms with Gasteiger partial charge in [0.1, 0.15) is 24.4 Å². The average Bonchev–Trinajstić information content (AvgIpc) is 3.63. The van der Waals surface area contributed by atoms with Crippen molar-refractivity contribution < 1.29 is 24.2 Å². The summed E-state index contributed by atoms with van der Waals surface area (Å²) >= 11 is 1.70. The van der Waals surface area contributed by atoms with Crippen LogP contribution in [0.3, 0.4) is 0 Å². The predicted octanol–water partition coefficient (Wildman–Crippen LogP) is 7.30. The molecule has 248 valence electrons. The first kappa shape index (κ1) is 33.3. The molecule has 2 aliphatic rings. The van der Waals surface area contributed by atoms with E-state index < -0.39 is 24.0 Å². The topological polar surface area (TPSA) is 95.9 Å². The number of nitrogens with one attached hydrogen (secondary N) is 1. The largest absolute Gasteiger partial charge is 0.489 e. The van der Waals surface area contributed by atoms with Gasteiger partial charge in [-0.25, -0.2) is 4.79 Å². The zero-order chi connectivity index (χ0) is 33.5. The lowest BCUT2D eigenvalue weighted by Gasteiger charge is -2.37. The smallest absolute Gasteiger partial charge is 0.326 e. The summed E-state index contributed by atoms with van der Waals surface area (Å²) in [6.45, 7) is 0.700. The van der Waals surface area contributed by atoms with Crippen molar-refractivity contribution in [2.75, 3.05) is 6.26 Å². The van der Waals surface area contributed by atoms with Crippen molar-refractivity contribution in [3.05, 3.63) is 119 Å². The molecular weight excluding hydrogens is 621 g/mol. The number of carbonyl (C=O) groups excluding carboxylic acids is 2. The number of carboxylic acids is 1. The molecule has 0 spiro atoms. The van der Waals surface area contributed by atoms with E-state index in [2.05, 4.69) is 29.6 Å². The highest BCUT2D eigenvalue weighted by atomic mass is 32.2. The van der Waals surface area contributed by atoms with E-state index in [0.717, 1.165) is 59.1 Å². The molecule has 1 fully saturated rings. The van der Waals surface area contributed by atoms with Crippen LogP contribution in [0.2, 0.25) is 0 Å². The van der Waals surface area contributed by atoms with Crippen LogP contribution in [0.5, 0.6) is 5.75 Å². The lowest BCUT2D eigenvalue weighted by Crippen LogP contribution is -2.56. The summed E-state index contributed by atoms with van der Waals surface area (Å²) in [6, 6.07) is 29.9. The molecule has 2 N–H and O–H groups in total. The van der Waals surface area contributed by atoms with E-state index in [1.54, 1.807) is 16.7 Å². The van der Waals surface area contributed by atoms with Gasteiger partial charge in [-0.05, 0) is 82.7 Å². The number of fused-ring (bicyclic) bond motifs is 1. The molecular formula is C40H42N2O5S. The summed E-state index contributed by atoms with van der Waals surface area (Å²) in [5.41, 5.74) is 5.88. The third kappa shape index (κ3) is 8.29. The van der Waals surface area contributed by atoms with Crippen molar-refractivity contribution in [2.24, 2.45) is 5.92 Å². The lowest BCUT2D eigenvalue weighted by molar-refractivity contribution is -0.145. The highest BCUT2D eigenvalue weighted by Crippen LogP contribution is 2.32. The van der Waals surface area contributed by atoms with Crippen molar-refractivity contribution in [1.82, 2.24) is 10.2 Å². The standard InChI is InChI=1S/C40H42N2O5S/c1-48-35-19-13-29(14-20-35)26-47-34-18-17-32-24-37(42(25-33(32)23-34)38(43)22-27-7-5-6-8-27)39(44)41-36(40(45)46)21-28-11-15-31(16-12-28)30-9-3-2-4-10-30/h2-4,9-20,23,27,36-37H,5-8,21-22,24-26H2,1H3,(H,41,44)(H,45,46)/t36-,37-/m0/s1. The lowest BCUT2D eigenvalue weighted by atomic mass is 9.91. The van der Waals surface area contributed by atoms with Gasteiger partial charge in [0.2, 0.25) is 11.8 Å². The van der Waals surface area contributed by atoms with Crippen LogP contribution in [0.4, 0.5) is 0 Å². The van der Waals surface area contributed by atoms with E-state index in [1.165, 1.54) is 4.90 Å². The highest BCUT2D eigenvalue weighted by molar-refractivity contribution is 7.98. The maximum Gasteiger partial charge on any atom is 0.326 e. The third-order valence-corrected chi connectivity index (χ3v) is 10.3. The zero-order valence-electron chi connectivity index (χ0n) is 27.3. The van der Waals surface area contributed by atoms with Crippen LogP contribution in [-0.4, -0.2) is 46.1 Å². The predicted molar refractivity (Wildman–Crippen MR) is 189 cm³/mol. The molecule has 4 aromatic carbocycles. The normalized spacial score (nSPS) is 16.6. The van der Waals surface area contributed by atoms with Crippen LogP contribution in [0.15, 0.2) is 102 Å². The van der Waals surface area contributed by atoms with Gasteiger partial charge in [-0.15, -0.1) is 11.8 Å². The molecule has 0 unspecified atom stereocenters. The number of carboxylic acid groups (broad SMARTS) is 1. The molecule has 4 aromatic rings. The fourth-order valence-electron chi connectivity index (χ4n) is 6.78. The summed E-state index contributed by atoms with van der Waals surface area (Å²) in [5.74, 6) is -0.585. The average molecular weight is 663 g/mol. The molecule has 2 atom stereocenters. The van der Waals surface area contributed by atoms with Crippen molar-refractivity contribution in [2.45, 2.75) is 75.1 Å². The molecule has 48 heavy (non-hydrogen) atoms. The van der Waals surface area contributed by atoms with Gasteiger partial charge in [0.25, 0.3) is 0 Å². The number of hydrogen-bond acceptors (Lipinski definition) is 5. The Labute approximate surface area is 286 Å². The molecule has 1 heterocycles. The van der Waals surface area contributed by atoms with E-state index in [9.17, 15) is 19.5 Å². The number of thioether (sulfide) groups is 1. The molecule has 1 aliphatic carbocycles. The monoisotopic (exact) mass is 662 g/mol. The Morgan fingerprint density at radius 3 is 2.25 bits per heavy atom. The van der Waals surface area contributed by atoms with Crippen LogP contribution in [0.1, 0.15) is 54.4 Å². The molecule has 0 radical (unpaired) electrons. The SMILES string of the molecule is CSc1ccc(COc2ccc3c(c2)CN(C(=O)CC2CCCC2)[C@H](C(=O)N[C@@H](Cc2ccc(-c4ccccc4)cc2)C(=O)O)C3)cc1. The molecule has 0 aromatic heterocycles. The van der Waals surface area contributed by atoms with E-state index >= 15 is 0 Å². The number of ether oxygens (including phenoxy) is 1. The first-order chi connectivity index (χ1) is 23.4. The number of aliphatic carboxylic acids is 1. The van der Waals surface area contributed by atoms with Gasteiger partial charge < -0.3 is 20.1 Å². The Morgan fingerprint density at radius 2 is 1.56 bits per heavy atom. The maximum absolute atomic E-state index is 13.9. The van der Waals surface area contributed by atoms with E-state index in [4.69, 9.17) is 4.74 Å². The molecule has 1 saturated carbocycles. The summed E-state index contributed by atoms with van der Waals surface area (Å²) in [7, 11) is 0. The van der Waals surface area contributed by atoms with Crippen LogP contribution in [-0.2, 0) is 40.4 Å². The van der Waals surface area contributed by atoms with Crippen LogP contribution in [0, 0.1) is 5.92 Å². The summed E-state index contributed by atoms with van der Waals surface area (Å²) < 4.78 is 6.12. The number of benzene rings is 4. The molecule has 6 rings (SSSR count). The summed E-state index contributed by atoms with van der Waals surface area (Å²) in [6.07, 6.45) is 7.18. The zero-order valence-corrected chi connectivity index (χ0v) is 28.1. The van der Waals surface area contributed by atoms with E-state index in [1.807, 2.05) is 79.1 Å². The fraction of sp³-hybridized carbons (Fsp3) is 0.325. The van der Waals surface area contributed by atoms with Crippen LogP contribution >= 0.6 is 11.8 Å². The van der Waals surface area contributed by atoms with Crippen molar-refractivity contribution in [1.29, 1.82) is 0 Å². The quantitative estimate of drug-likeness (QED) is 0.155. The minimum atomic E-state index is -1.13. The molecule has 1 aliphatic heterocycles. The molecule has 2 amide bonds. The van der Waals surface area contributed by atoms with Crippen molar-refractivity contribution >= 4 is 29.5 Å². The van der Waals surface area contributed by atoms with Crippen molar-refractivity contribution in [3.8, 4) is 16.9 Å². The molecule has 0 saturated heterocycles.